The molecule has 22 heavy (non-hydrogen) atoms. The summed E-state index contributed by atoms with van der Waals surface area (Å²) in [5.74, 6) is 1.38. The molecule has 1 aromatic rings. The number of likely N-dealkylation sites (tertiary alicyclic amines) is 1. The first-order valence-corrected chi connectivity index (χ1v) is 8.62. The van der Waals surface area contributed by atoms with Crippen molar-refractivity contribution in [3.63, 3.8) is 0 Å². The minimum atomic E-state index is 0.224. The average Bonchev–Trinajstić information content (AvgIpc) is 3.25. The van der Waals surface area contributed by atoms with Crippen molar-refractivity contribution in [2.75, 3.05) is 18.0 Å². The number of hydrogen-bond acceptors (Lipinski definition) is 4. The number of fused-ring (bicyclic) bond motifs is 1. The zero-order valence-corrected chi connectivity index (χ0v) is 13.3. The van der Waals surface area contributed by atoms with E-state index < -0.39 is 0 Å². The molecule has 0 radical (unpaired) electrons. The Morgan fingerprint density at radius 3 is 2.77 bits per heavy atom. The lowest BCUT2D eigenvalue weighted by Gasteiger charge is -2.35. The molecular weight excluding hydrogens is 276 g/mol. The van der Waals surface area contributed by atoms with Gasteiger partial charge in [0.15, 0.2) is 0 Å². The van der Waals surface area contributed by atoms with Crippen LogP contribution in [0.5, 0.6) is 0 Å². The lowest BCUT2D eigenvalue weighted by Crippen LogP contribution is -2.48. The predicted molar refractivity (Wildman–Crippen MR) is 84.8 cm³/mol. The third kappa shape index (κ3) is 2.18. The molecule has 1 aliphatic carbocycles. The fraction of sp³-hybridized carbons (Fsp3) is 0.706. The second kappa shape index (κ2) is 5.52. The van der Waals surface area contributed by atoms with Gasteiger partial charge in [0.1, 0.15) is 12.1 Å². The molecule has 5 heteroatoms. The van der Waals surface area contributed by atoms with E-state index in [0.29, 0.717) is 12.1 Å². The number of amides is 1. The molecule has 3 aliphatic rings. The molecule has 118 valence electrons. The molecule has 2 saturated heterocycles. The van der Waals surface area contributed by atoms with Gasteiger partial charge in [-0.1, -0.05) is 0 Å². The predicted octanol–water partition coefficient (Wildman–Crippen LogP) is 1.95. The molecule has 2 atom stereocenters. The lowest BCUT2D eigenvalue weighted by molar-refractivity contribution is -0.129. The van der Waals surface area contributed by atoms with E-state index in [4.69, 9.17) is 0 Å². The summed E-state index contributed by atoms with van der Waals surface area (Å²) in [6.07, 6.45) is 9.76. The highest BCUT2D eigenvalue weighted by atomic mass is 16.2. The Balaban J connectivity index is 1.65. The molecule has 0 unspecified atom stereocenters. The topological polar surface area (TPSA) is 49.3 Å². The first kappa shape index (κ1) is 14.0. The maximum Gasteiger partial charge on any atom is 0.219 e. The van der Waals surface area contributed by atoms with Crippen molar-refractivity contribution >= 4 is 11.7 Å². The van der Waals surface area contributed by atoms with Gasteiger partial charge in [0, 0.05) is 31.3 Å². The van der Waals surface area contributed by atoms with Gasteiger partial charge in [-0.2, -0.15) is 0 Å². The van der Waals surface area contributed by atoms with Crippen molar-refractivity contribution in [2.45, 2.75) is 64.0 Å². The van der Waals surface area contributed by atoms with Crippen molar-refractivity contribution in [1.82, 2.24) is 14.9 Å². The van der Waals surface area contributed by atoms with Crippen molar-refractivity contribution in [3.8, 4) is 0 Å². The fourth-order valence-corrected chi connectivity index (χ4v) is 4.63. The third-order valence-electron chi connectivity index (χ3n) is 5.57. The molecule has 2 aliphatic heterocycles. The van der Waals surface area contributed by atoms with Crippen molar-refractivity contribution in [3.05, 3.63) is 17.6 Å². The van der Waals surface area contributed by atoms with E-state index in [9.17, 15) is 4.79 Å². The number of nitrogens with zero attached hydrogens (tertiary/aromatic N) is 4. The van der Waals surface area contributed by atoms with E-state index in [1.54, 1.807) is 13.3 Å². The zero-order valence-electron chi connectivity index (χ0n) is 13.3. The van der Waals surface area contributed by atoms with Crippen LogP contribution >= 0.6 is 0 Å². The molecular formula is C17H24N4O. The number of carbonyl (C=O) groups is 1. The largest absolute Gasteiger partial charge is 0.351 e. The number of hydrogen-bond donors (Lipinski definition) is 0. The smallest absolute Gasteiger partial charge is 0.219 e. The van der Waals surface area contributed by atoms with Crippen LogP contribution < -0.4 is 4.90 Å². The summed E-state index contributed by atoms with van der Waals surface area (Å²) in [4.78, 5) is 25.6. The molecule has 1 aromatic heterocycles. The molecule has 0 aromatic carbocycles. The SMILES string of the molecule is CC(=O)N1CCC[C@H]1[C@@H]1CCCN1c1ncnc2c1CCC2. The lowest BCUT2D eigenvalue weighted by atomic mass is 10.0. The normalized spacial score (nSPS) is 27.5. The molecule has 0 spiro atoms. The molecule has 0 saturated carbocycles. The van der Waals surface area contributed by atoms with E-state index in [1.165, 1.54) is 30.5 Å². The van der Waals surface area contributed by atoms with Crippen LogP contribution in [0.3, 0.4) is 0 Å². The number of carbonyl (C=O) groups excluding carboxylic acids is 1. The van der Waals surface area contributed by atoms with Gasteiger partial charge < -0.3 is 9.80 Å². The standard InChI is InChI=1S/C17H24N4O/c1-12(22)20-9-3-7-15(20)16-8-4-10-21(16)17-13-5-2-6-14(13)18-11-19-17/h11,15-16H,2-10H2,1H3/t15-,16-/m0/s1. The molecule has 2 fully saturated rings. The van der Waals surface area contributed by atoms with Gasteiger partial charge in [0.05, 0.1) is 12.1 Å². The van der Waals surface area contributed by atoms with Crippen LogP contribution in [-0.4, -0.2) is 45.9 Å². The van der Waals surface area contributed by atoms with E-state index in [2.05, 4.69) is 19.8 Å². The maximum atomic E-state index is 11.9. The summed E-state index contributed by atoms with van der Waals surface area (Å²) >= 11 is 0. The fourth-order valence-electron chi connectivity index (χ4n) is 4.63. The monoisotopic (exact) mass is 300 g/mol. The third-order valence-corrected chi connectivity index (χ3v) is 5.57. The summed E-state index contributed by atoms with van der Waals surface area (Å²) in [6.45, 7) is 3.70. The van der Waals surface area contributed by atoms with Crippen LogP contribution in [0.25, 0.3) is 0 Å². The highest BCUT2D eigenvalue weighted by Gasteiger charge is 2.40. The Hall–Kier alpha value is -1.65. The number of aromatic nitrogens is 2. The Labute approximate surface area is 131 Å². The first-order valence-electron chi connectivity index (χ1n) is 8.62. The molecule has 4 rings (SSSR count). The Morgan fingerprint density at radius 1 is 1.09 bits per heavy atom. The molecule has 5 nitrogen and oxygen atoms in total. The van der Waals surface area contributed by atoms with Crippen LogP contribution in [0, 0.1) is 0 Å². The van der Waals surface area contributed by atoms with Gasteiger partial charge in [-0.05, 0) is 44.9 Å². The molecule has 0 N–H and O–H groups in total. The summed E-state index contributed by atoms with van der Waals surface area (Å²) < 4.78 is 0. The highest BCUT2D eigenvalue weighted by Crippen LogP contribution is 2.36. The van der Waals surface area contributed by atoms with E-state index in [1.807, 2.05) is 0 Å². The van der Waals surface area contributed by atoms with Gasteiger partial charge >= 0.3 is 0 Å². The Bertz CT molecular complexity index is 588. The summed E-state index contributed by atoms with van der Waals surface area (Å²) in [7, 11) is 0. The van der Waals surface area contributed by atoms with Crippen molar-refractivity contribution in [2.24, 2.45) is 0 Å². The maximum absolute atomic E-state index is 11.9. The second-order valence-corrected chi connectivity index (χ2v) is 6.80. The number of rotatable bonds is 2. The van der Waals surface area contributed by atoms with Gasteiger partial charge in [-0.3, -0.25) is 4.79 Å². The number of anilines is 1. The molecule has 3 heterocycles. The number of aryl methyl sites for hydroxylation is 1. The Morgan fingerprint density at radius 2 is 1.91 bits per heavy atom. The first-order chi connectivity index (χ1) is 10.8. The summed E-state index contributed by atoms with van der Waals surface area (Å²) in [5.41, 5.74) is 2.60. The van der Waals surface area contributed by atoms with Crippen molar-refractivity contribution < 1.29 is 4.79 Å². The van der Waals surface area contributed by atoms with E-state index in [-0.39, 0.29) is 5.91 Å². The van der Waals surface area contributed by atoms with E-state index >= 15 is 0 Å². The van der Waals surface area contributed by atoms with Crippen LogP contribution in [0.4, 0.5) is 5.82 Å². The highest BCUT2D eigenvalue weighted by molar-refractivity contribution is 5.74. The molecule has 1 amide bonds. The second-order valence-electron chi connectivity index (χ2n) is 6.80. The average molecular weight is 300 g/mol. The van der Waals surface area contributed by atoms with Gasteiger partial charge in [0.25, 0.3) is 0 Å². The van der Waals surface area contributed by atoms with Crippen molar-refractivity contribution in [1.29, 1.82) is 0 Å². The summed E-state index contributed by atoms with van der Waals surface area (Å²) in [5, 5.41) is 0. The van der Waals surface area contributed by atoms with Crippen LogP contribution in [-0.2, 0) is 17.6 Å². The minimum absolute atomic E-state index is 0.224. The quantitative estimate of drug-likeness (QED) is 0.837. The van der Waals surface area contributed by atoms with Gasteiger partial charge in [-0.15, -0.1) is 0 Å². The van der Waals surface area contributed by atoms with Gasteiger partial charge in [0.2, 0.25) is 5.91 Å². The van der Waals surface area contributed by atoms with Gasteiger partial charge in [-0.25, -0.2) is 9.97 Å². The van der Waals surface area contributed by atoms with Crippen LogP contribution in [0.1, 0.15) is 50.3 Å². The zero-order chi connectivity index (χ0) is 15.1. The van der Waals surface area contributed by atoms with E-state index in [0.717, 1.165) is 44.6 Å². The minimum Gasteiger partial charge on any atom is -0.351 e. The molecule has 0 bridgehead atoms. The van der Waals surface area contributed by atoms with Crippen LogP contribution in [0.2, 0.25) is 0 Å². The van der Waals surface area contributed by atoms with Crippen LogP contribution in [0.15, 0.2) is 6.33 Å². The Kier molecular flexibility index (Phi) is 3.51. The summed E-state index contributed by atoms with van der Waals surface area (Å²) in [6, 6.07) is 0.804.